The van der Waals surface area contributed by atoms with Gasteiger partial charge in [0, 0.05) is 45.7 Å². The van der Waals surface area contributed by atoms with Crippen molar-refractivity contribution < 1.29 is 0 Å². The molecule has 22 heavy (non-hydrogen) atoms. The Morgan fingerprint density at radius 3 is 2.77 bits per heavy atom. The number of piperazine rings is 1. The van der Waals surface area contributed by atoms with E-state index in [4.69, 9.17) is 4.98 Å². The molecule has 114 valence electrons. The fourth-order valence-corrected chi connectivity index (χ4v) is 3.81. The molecular weight excluding hydrogens is 298 g/mol. The Morgan fingerprint density at radius 1 is 1.18 bits per heavy atom. The third-order valence-corrected chi connectivity index (χ3v) is 4.96. The lowest BCUT2D eigenvalue weighted by atomic mass is 10.3. The predicted molar refractivity (Wildman–Crippen MR) is 89.9 cm³/mol. The molecule has 0 aromatic carbocycles. The molecule has 3 aromatic heterocycles. The molecule has 0 spiro atoms. The molecule has 7 nitrogen and oxygen atoms in total. The van der Waals surface area contributed by atoms with Crippen LogP contribution in [0.4, 0.5) is 11.6 Å². The Morgan fingerprint density at radius 2 is 2.00 bits per heavy atom. The predicted octanol–water partition coefficient (Wildman–Crippen LogP) is 1.11. The van der Waals surface area contributed by atoms with Gasteiger partial charge in [-0.2, -0.15) is 0 Å². The average molecular weight is 315 g/mol. The minimum atomic E-state index is 0.904. The van der Waals surface area contributed by atoms with Crippen molar-refractivity contribution in [3.05, 3.63) is 12.1 Å². The zero-order valence-corrected chi connectivity index (χ0v) is 13.4. The van der Waals surface area contributed by atoms with Crippen molar-refractivity contribution in [3.8, 4) is 0 Å². The highest BCUT2D eigenvalue weighted by molar-refractivity contribution is 7.25. The second-order valence-corrected chi connectivity index (χ2v) is 6.55. The SMILES string of the molecule is CN(C)c1ccc2c(n1)sc1c(N3CCNCC3)nnnc12. The van der Waals surface area contributed by atoms with E-state index < -0.39 is 0 Å². The number of anilines is 2. The standard InChI is InChI=1S/C14H17N7S/c1-20(2)10-4-3-9-11-12(22-14(9)16-10)13(18-19-17-11)21-7-5-15-6-8-21/h3-4,15H,5-8H2,1-2H3. The van der Waals surface area contributed by atoms with Crippen LogP contribution in [-0.2, 0) is 0 Å². The van der Waals surface area contributed by atoms with Crippen molar-refractivity contribution >= 4 is 43.4 Å². The van der Waals surface area contributed by atoms with Crippen LogP contribution in [0.1, 0.15) is 0 Å². The number of fused-ring (bicyclic) bond motifs is 3. The number of aromatic nitrogens is 4. The van der Waals surface area contributed by atoms with E-state index in [0.717, 1.165) is 58.2 Å². The number of pyridine rings is 1. The van der Waals surface area contributed by atoms with Crippen molar-refractivity contribution in [3.63, 3.8) is 0 Å². The highest BCUT2D eigenvalue weighted by Crippen LogP contribution is 2.36. The third kappa shape index (κ3) is 2.15. The molecule has 0 saturated carbocycles. The van der Waals surface area contributed by atoms with E-state index in [2.05, 4.69) is 31.7 Å². The summed E-state index contributed by atoms with van der Waals surface area (Å²) in [5, 5.41) is 16.9. The molecule has 3 aromatic rings. The maximum atomic E-state index is 4.72. The Hall–Kier alpha value is -2.06. The van der Waals surface area contributed by atoms with E-state index in [9.17, 15) is 0 Å². The van der Waals surface area contributed by atoms with Crippen LogP contribution < -0.4 is 15.1 Å². The number of nitrogens with one attached hydrogen (secondary N) is 1. The zero-order valence-electron chi connectivity index (χ0n) is 12.6. The van der Waals surface area contributed by atoms with Gasteiger partial charge in [0.05, 0.1) is 0 Å². The topological polar surface area (TPSA) is 70.1 Å². The summed E-state index contributed by atoms with van der Waals surface area (Å²) in [6.07, 6.45) is 0. The van der Waals surface area contributed by atoms with E-state index in [1.165, 1.54) is 0 Å². The minimum absolute atomic E-state index is 0.904. The van der Waals surface area contributed by atoms with E-state index >= 15 is 0 Å². The Labute approximate surface area is 132 Å². The maximum Gasteiger partial charge on any atom is 0.172 e. The van der Waals surface area contributed by atoms with Gasteiger partial charge in [0.2, 0.25) is 0 Å². The number of nitrogens with zero attached hydrogens (tertiary/aromatic N) is 6. The van der Waals surface area contributed by atoms with Crippen molar-refractivity contribution in [2.75, 3.05) is 50.1 Å². The van der Waals surface area contributed by atoms with Gasteiger partial charge in [-0.25, -0.2) is 4.98 Å². The summed E-state index contributed by atoms with van der Waals surface area (Å²) in [5.41, 5.74) is 0.904. The first-order valence-electron chi connectivity index (χ1n) is 7.29. The summed E-state index contributed by atoms with van der Waals surface area (Å²) in [6.45, 7) is 3.83. The lowest BCUT2D eigenvalue weighted by Gasteiger charge is -2.27. The molecule has 0 aliphatic carbocycles. The Balaban J connectivity index is 1.90. The minimum Gasteiger partial charge on any atom is -0.363 e. The molecular formula is C14H17N7S. The van der Waals surface area contributed by atoms with Gasteiger partial charge < -0.3 is 15.1 Å². The van der Waals surface area contributed by atoms with Crippen LogP contribution in [0.5, 0.6) is 0 Å². The van der Waals surface area contributed by atoms with E-state index in [1.807, 2.05) is 25.1 Å². The van der Waals surface area contributed by atoms with Gasteiger partial charge in [-0.05, 0) is 17.3 Å². The number of hydrogen-bond acceptors (Lipinski definition) is 8. The van der Waals surface area contributed by atoms with Gasteiger partial charge in [-0.15, -0.1) is 21.5 Å². The molecule has 0 unspecified atom stereocenters. The second-order valence-electron chi connectivity index (χ2n) is 5.55. The van der Waals surface area contributed by atoms with Crippen LogP contribution in [0.3, 0.4) is 0 Å². The highest BCUT2D eigenvalue weighted by Gasteiger charge is 2.19. The molecule has 4 heterocycles. The van der Waals surface area contributed by atoms with Crippen molar-refractivity contribution in [1.82, 2.24) is 25.7 Å². The van der Waals surface area contributed by atoms with Gasteiger partial charge in [-0.3, -0.25) is 0 Å². The molecule has 0 bridgehead atoms. The molecule has 8 heteroatoms. The van der Waals surface area contributed by atoms with Gasteiger partial charge in [0.15, 0.2) is 5.82 Å². The maximum absolute atomic E-state index is 4.72. The van der Waals surface area contributed by atoms with Crippen molar-refractivity contribution in [2.24, 2.45) is 0 Å². The number of rotatable bonds is 2. The van der Waals surface area contributed by atoms with Crippen molar-refractivity contribution in [1.29, 1.82) is 0 Å². The summed E-state index contributed by atoms with van der Waals surface area (Å²) >= 11 is 1.65. The molecule has 0 atom stereocenters. The summed E-state index contributed by atoms with van der Waals surface area (Å²) in [4.78, 5) is 9.98. The number of hydrogen-bond donors (Lipinski definition) is 1. The van der Waals surface area contributed by atoms with Crippen LogP contribution in [0, 0.1) is 0 Å². The fraction of sp³-hybridized carbons (Fsp3) is 0.429. The molecule has 1 N–H and O–H groups in total. The molecule has 1 fully saturated rings. The number of thiophene rings is 1. The van der Waals surface area contributed by atoms with Crippen LogP contribution in [0.25, 0.3) is 20.4 Å². The molecule has 0 amide bonds. The highest BCUT2D eigenvalue weighted by atomic mass is 32.1. The average Bonchev–Trinajstić information content (AvgIpc) is 2.93. The monoisotopic (exact) mass is 315 g/mol. The first kappa shape index (κ1) is 13.6. The molecule has 1 aliphatic rings. The fourth-order valence-electron chi connectivity index (χ4n) is 2.69. The Kier molecular flexibility index (Phi) is 3.27. The second kappa shape index (κ2) is 5.29. The van der Waals surface area contributed by atoms with E-state index in [0.29, 0.717) is 0 Å². The van der Waals surface area contributed by atoms with Gasteiger partial charge in [-0.1, -0.05) is 0 Å². The van der Waals surface area contributed by atoms with Crippen LogP contribution in [0.15, 0.2) is 12.1 Å². The lowest BCUT2D eigenvalue weighted by Crippen LogP contribution is -2.44. The molecule has 4 rings (SSSR count). The van der Waals surface area contributed by atoms with Gasteiger partial charge in [0.1, 0.15) is 20.9 Å². The normalized spacial score (nSPS) is 15.6. The Bertz CT molecular complexity index is 823. The smallest absolute Gasteiger partial charge is 0.172 e. The van der Waals surface area contributed by atoms with Crippen LogP contribution >= 0.6 is 11.3 Å². The first-order valence-corrected chi connectivity index (χ1v) is 8.11. The van der Waals surface area contributed by atoms with Crippen molar-refractivity contribution in [2.45, 2.75) is 0 Å². The molecule has 1 aliphatic heterocycles. The summed E-state index contributed by atoms with van der Waals surface area (Å²) in [7, 11) is 3.99. The zero-order chi connectivity index (χ0) is 15.1. The summed E-state index contributed by atoms with van der Waals surface area (Å²) in [6, 6.07) is 4.09. The summed E-state index contributed by atoms with van der Waals surface area (Å²) in [5.74, 6) is 1.88. The quantitative estimate of drug-likeness (QED) is 0.759. The van der Waals surface area contributed by atoms with E-state index in [1.54, 1.807) is 11.3 Å². The van der Waals surface area contributed by atoms with Crippen LogP contribution in [-0.4, -0.2) is 60.7 Å². The summed E-state index contributed by atoms with van der Waals surface area (Å²) < 4.78 is 1.08. The van der Waals surface area contributed by atoms with Crippen LogP contribution in [0.2, 0.25) is 0 Å². The molecule has 1 saturated heterocycles. The third-order valence-electron chi connectivity index (χ3n) is 3.88. The largest absolute Gasteiger partial charge is 0.363 e. The van der Waals surface area contributed by atoms with E-state index in [-0.39, 0.29) is 0 Å². The molecule has 0 radical (unpaired) electrons. The van der Waals surface area contributed by atoms with Gasteiger partial charge in [0.25, 0.3) is 0 Å². The lowest BCUT2D eigenvalue weighted by molar-refractivity contribution is 0.583. The first-order chi connectivity index (χ1) is 10.7. The van der Waals surface area contributed by atoms with Gasteiger partial charge >= 0.3 is 0 Å².